The first kappa shape index (κ1) is 11.5. The van der Waals surface area contributed by atoms with Crippen LogP contribution in [0.4, 0.5) is 5.69 Å². The number of benzene rings is 1. The fraction of sp³-hybridized carbons (Fsp3) is 0.100. The molecule has 1 aromatic rings. The van der Waals surface area contributed by atoms with Crippen LogP contribution >= 0.6 is 34.2 Å². The van der Waals surface area contributed by atoms with Gasteiger partial charge in [0.1, 0.15) is 0 Å². The minimum Gasteiger partial charge on any atom is -0.311 e. The molecule has 0 atom stereocenters. The summed E-state index contributed by atoms with van der Waals surface area (Å²) < 4.78 is 0.496. The number of nitrogens with zero attached hydrogens (tertiary/aromatic N) is 1. The van der Waals surface area contributed by atoms with E-state index in [0.717, 1.165) is 5.69 Å². The number of hydrogen-bond donors (Lipinski definition) is 0. The van der Waals surface area contributed by atoms with Crippen molar-refractivity contribution in [3.05, 3.63) is 39.4 Å². The molecular formula is C10H9ClINO. The molecule has 0 radical (unpaired) electrons. The van der Waals surface area contributed by atoms with Gasteiger partial charge in [0.05, 0.1) is 3.58 Å². The number of amides is 1. The molecule has 0 fully saturated rings. The zero-order valence-corrected chi connectivity index (χ0v) is 10.5. The molecule has 74 valence electrons. The van der Waals surface area contributed by atoms with Crippen molar-refractivity contribution in [2.24, 2.45) is 0 Å². The van der Waals surface area contributed by atoms with E-state index in [4.69, 9.17) is 11.6 Å². The molecule has 1 aromatic carbocycles. The lowest BCUT2D eigenvalue weighted by molar-refractivity contribution is -0.114. The second-order valence-corrected chi connectivity index (χ2v) is 4.04. The molecule has 1 amide bonds. The van der Waals surface area contributed by atoms with Crippen LogP contribution in [-0.2, 0) is 4.79 Å². The van der Waals surface area contributed by atoms with Gasteiger partial charge >= 0.3 is 0 Å². The SMILES string of the molecule is CN(C(=O)/C(I)=C/Cl)c1ccccc1. The minimum atomic E-state index is -0.105. The predicted molar refractivity (Wildman–Crippen MR) is 67.8 cm³/mol. The standard InChI is InChI=1S/C10H9ClINO/c1-13(10(14)9(12)7-11)8-5-3-2-4-6-8/h2-7H,1H3/b9-7-. The van der Waals surface area contributed by atoms with Crippen molar-refractivity contribution in [2.45, 2.75) is 0 Å². The number of para-hydroxylation sites is 1. The third-order valence-electron chi connectivity index (χ3n) is 1.75. The maximum Gasteiger partial charge on any atom is 0.265 e. The molecular weight excluding hydrogens is 312 g/mol. The molecule has 2 nitrogen and oxygen atoms in total. The van der Waals surface area contributed by atoms with Gasteiger partial charge in [-0.3, -0.25) is 4.79 Å². The summed E-state index contributed by atoms with van der Waals surface area (Å²) >= 11 is 7.37. The van der Waals surface area contributed by atoms with Crippen molar-refractivity contribution in [1.82, 2.24) is 0 Å². The van der Waals surface area contributed by atoms with E-state index in [-0.39, 0.29) is 5.91 Å². The van der Waals surface area contributed by atoms with E-state index in [1.54, 1.807) is 11.9 Å². The van der Waals surface area contributed by atoms with Crippen molar-refractivity contribution >= 4 is 45.8 Å². The molecule has 1 rings (SSSR count). The molecule has 14 heavy (non-hydrogen) atoms. The highest BCUT2D eigenvalue weighted by molar-refractivity contribution is 14.1. The van der Waals surface area contributed by atoms with Crippen molar-refractivity contribution in [3.63, 3.8) is 0 Å². The lowest BCUT2D eigenvalue weighted by Crippen LogP contribution is -2.25. The molecule has 0 bridgehead atoms. The summed E-state index contributed by atoms with van der Waals surface area (Å²) in [7, 11) is 1.72. The van der Waals surface area contributed by atoms with Gasteiger partial charge in [-0.25, -0.2) is 0 Å². The number of carbonyl (C=O) groups is 1. The molecule has 0 aliphatic carbocycles. The highest BCUT2D eigenvalue weighted by Crippen LogP contribution is 2.17. The summed E-state index contributed by atoms with van der Waals surface area (Å²) in [5, 5.41) is 0. The minimum absolute atomic E-state index is 0.105. The predicted octanol–water partition coefficient (Wildman–Crippen LogP) is 3.16. The summed E-state index contributed by atoms with van der Waals surface area (Å²) in [6.45, 7) is 0. The molecule has 0 saturated carbocycles. The van der Waals surface area contributed by atoms with Gasteiger partial charge in [-0.05, 0) is 34.7 Å². The highest BCUT2D eigenvalue weighted by atomic mass is 127. The first-order valence-corrected chi connectivity index (χ1v) is 5.47. The Labute approximate surface area is 102 Å². The van der Waals surface area contributed by atoms with Crippen LogP contribution in [0.5, 0.6) is 0 Å². The van der Waals surface area contributed by atoms with Gasteiger partial charge in [0.15, 0.2) is 0 Å². The first-order valence-electron chi connectivity index (χ1n) is 3.96. The van der Waals surface area contributed by atoms with E-state index in [9.17, 15) is 4.79 Å². The topological polar surface area (TPSA) is 20.3 Å². The van der Waals surface area contributed by atoms with Gasteiger partial charge in [-0.2, -0.15) is 0 Å². The second kappa shape index (κ2) is 5.36. The highest BCUT2D eigenvalue weighted by Gasteiger charge is 2.12. The van der Waals surface area contributed by atoms with Crippen LogP contribution in [0.1, 0.15) is 0 Å². The maximum atomic E-state index is 11.6. The van der Waals surface area contributed by atoms with E-state index in [0.29, 0.717) is 3.58 Å². The van der Waals surface area contributed by atoms with E-state index in [1.807, 2.05) is 52.9 Å². The Hall–Kier alpha value is -0.550. The van der Waals surface area contributed by atoms with Crippen molar-refractivity contribution in [2.75, 3.05) is 11.9 Å². The normalized spacial score (nSPS) is 11.2. The fourth-order valence-electron chi connectivity index (χ4n) is 0.976. The zero-order chi connectivity index (χ0) is 10.6. The van der Waals surface area contributed by atoms with Gasteiger partial charge in [-0.1, -0.05) is 29.8 Å². The van der Waals surface area contributed by atoms with Gasteiger partial charge in [0.25, 0.3) is 5.91 Å². The Bertz CT molecular complexity index is 350. The van der Waals surface area contributed by atoms with Crippen LogP contribution in [0, 0.1) is 0 Å². The van der Waals surface area contributed by atoms with Crippen LogP contribution in [0.3, 0.4) is 0 Å². The first-order chi connectivity index (χ1) is 6.66. The number of hydrogen-bond acceptors (Lipinski definition) is 1. The Balaban J connectivity index is 2.87. The van der Waals surface area contributed by atoms with Crippen LogP contribution in [0.2, 0.25) is 0 Å². The van der Waals surface area contributed by atoms with Crippen molar-refractivity contribution in [3.8, 4) is 0 Å². The van der Waals surface area contributed by atoms with Crippen LogP contribution in [-0.4, -0.2) is 13.0 Å². The molecule has 0 heterocycles. The van der Waals surface area contributed by atoms with Crippen LogP contribution in [0.25, 0.3) is 0 Å². The second-order valence-electron chi connectivity index (χ2n) is 2.66. The van der Waals surface area contributed by atoms with E-state index in [1.165, 1.54) is 5.54 Å². The molecule has 0 unspecified atom stereocenters. The lowest BCUT2D eigenvalue weighted by Gasteiger charge is -2.16. The van der Waals surface area contributed by atoms with Gasteiger partial charge < -0.3 is 4.90 Å². The van der Waals surface area contributed by atoms with Crippen LogP contribution in [0.15, 0.2) is 39.4 Å². The van der Waals surface area contributed by atoms with E-state index >= 15 is 0 Å². The summed E-state index contributed by atoms with van der Waals surface area (Å²) in [6.07, 6.45) is 0. The summed E-state index contributed by atoms with van der Waals surface area (Å²) in [4.78, 5) is 13.2. The van der Waals surface area contributed by atoms with Crippen LogP contribution < -0.4 is 4.90 Å². The molecule has 0 aliphatic heterocycles. The van der Waals surface area contributed by atoms with Crippen molar-refractivity contribution in [1.29, 1.82) is 0 Å². The van der Waals surface area contributed by atoms with Crippen molar-refractivity contribution < 1.29 is 4.79 Å². The monoisotopic (exact) mass is 321 g/mol. The lowest BCUT2D eigenvalue weighted by atomic mass is 10.3. The number of halogens is 2. The molecule has 4 heteroatoms. The average Bonchev–Trinajstić information content (AvgIpc) is 2.27. The number of rotatable bonds is 2. The number of anilines is 1. The smallest absolute Gasteiger partial charge is 0.265 e. The maximum absolute atomic E-state index is 11.6. The fourth-order valence-corrected chi connectivity index (χ4v) is 1.43. The number of carbonyl (C=O) groups excluding carboxylic acids is 1. The molecule has 0 N–H and O–H groups in total. The average molecular weight is 322 g/mol. The van der Waals surface area contributed by atoms with Gasteiger partial charge in [0.2, 0.25) is 0 Å². The molecule has 0 spiro atoms. The zero-order valence-electron chi connectivity index (χ0n) is 7.58. The summed E-state index contributed by atoms with van der Waals surface area (Å²) in [5.74, 6) is -0.105. The Kier molecular flexibility index (Phi) is 4.41. The quantitative estimate of drug-likeness (QED) is 0.605. The molecule has 0 aromatic heterocycles. The van der Waals surface area contributed by atoms with Gasteiger partial charge in [0, 0.05) is 18.3 Å². The summed E-state index contributed by atoms with van der Waals surface area (Å²) in [6, 6.07) is 9.42. The number of likely N-dealkylation sites (N-methyl/N-ethyl adjacent to an activating group) is 1. The van der Waals surface area contributed by atoms with E-state index < -0.39 is 0 Å². The Morgan fingerprint density at radius 1 is 1.43 bits per heavy atom. The largest absolute Gasteiger partial charge is 0.311 e. The third-order valence-corrected chi connectivity index (χ3v) is 3.11. The molecule has 0 saturated heterocycles. The Morgan fingerprint density at radius 2 is 2.00 bits per heavy atom. The van der Waals surface area contributed by atoms with E-state index in [2.05, 4.69) is 0 Å². The molecule has 0 aliphatic rings. The Morgan fingerprint density at radius 3 is 2.50 bits per heavy atom. The van der Waals surface area contributed by atoms with Gasteiger partial charge in [-0.15, -0.1) is 0 Å². The third kappa shape index (κ3) is 2.72. The summed E-state index contributed by atoms with van der Waals surface area (Å²) in [5.41, 5.74) is 2.13.